The molecule has 0 saturated carbocycles. The van der Waals surface area contributed by atoms with Crippen molar-refractivity contribution < 1.29 is 14.6 Å². The van der Waals surface area contributed by atoms with Crippen molar-refractivity contribution in [2.75, 3.05) is 6.79 Å². The normalized spacial score (nSPS) is 19.2. The Labute approximate surface area is 148 Å². The molecule has 0 amide bonds. The summed E-state index contributed by atoms with van der Waals surface area (Å²) in [5, 5.41) is 14.6. The fourth-order valence-electron chi connectivity index (χ4n) is 3.14. The Bertz CT molecular complexity index is 835. The van der Waals surface area contributed by atoms with Gasteiger partial charge in [0.25, 0.3) is 0 Å². The Morgan fingerprint density at radius 1 is 1.29 bits per heavy atom. The Morgan fingerprint density at radius 3 is 3.00 bits per heavy atom. The lowest BCUT2D eigenvalue weighted by atomic mass is 9.96. The predicted octanol–water partition coefficient (Wildman–Crippen LogP) is 3.77. The van der Waals surface area contributed by atoms with Gasteiger partial charge in [-0.3, -0.25) is 0 Å². The smallest absolute Gasteiger partial charge is 0.189 e. The van der Waals surface area contributed by atoms with Crippen molar-refractivity contribution in [3.8, 4) is 11.5 Å². The molecule has 6 heteroatoms. The average Bonchev–Trinajstić information content (AvgIpc) is 3.03. The van der Waals surface area contributed by atoms with Gasteiger partial charge < -0.3 is 20.0 Å². The first kappa shape index (κ1) is 15.5. The van der Waals surface area contributed by atoms with E-state index in [2.05, 4.69) is 32.5 Å². The largest absolute Gasteiger partial charge is 0.507 e. The van der Waals surface area contributed by atoms with E-state index in [-0.39, 0.29) is 18.6 Å². The van der Waals surface area contributed by atoms with Gasteiger partial charge in [-0.2, -0.15) is 5.10 Å². The zero-order valence-corrected chi connectivity index (χ0v) is 14.8. The van der Waals surface area contributed by atoms with Crippen LogP contribution in [0, 0.1) is 6.92 Å². The van der Waals surface area contributed by atoms with Crippen LogP contribution in [-0.2, 0) is 11.3 Å². The second-order valence-corrected chi connectivity index (χ2v) is 6.97. The molecule has 2 aromatic rings. The van der Waals surface area contributed by atoms with Crippen LogP contribution in [0.4, 0.5) is 0 Å². The van der Waals surface area contributed by atoms with Gasteiger partial charge in [0.1, 0.15) is 11.5 Å². The van der Waals surface area contributed by atoms with E-state index in [1.165, 1.54) is 0 Å². The van der Waals surface area contributed by atoms with E-state index in [1.807, 2.05) is 25.1 Å². The summed E-state index contributed by atoms with van der Waals surface area (Å²) >= 11 is 3.55. The van der Waals surface area contributed by atoms with Gasteiger partial charge in [-0.25, -0.2) is 0 Å². The van der Waals surface area contributed by atoms with E-state index in [0.29, 0.717) is 13.0 Å². The van der Waals surface area contributed by atoms with Crippen LogP contribution in [0.15, 0.2) is 39.9 Å². The monoisotopic (exact) mass is 388 g/mol. The van der Waals surface area contributed by atoms with Crippen molar-refractivity contribution in [2.24, 2.45) is 5.10 Å². The molecule has 0 bridgehead atoms. The third-order valence-electron chi connectivity index (χ3n) is 4.30. The predicted molar refractivity (Wildman–Crippen MR) is 94.3 cm³/mol. The van der Waals surface area contributed by atoms with Crippen molar-refractivity contribution in [3.05, 3.63) is 57.1 Å². The van der Waals surface area contributed by atoms with Crippen molar-refractivity contribution in [1.29, 1.82) is 0 Å². The first-order valence-electron chi connectivity index (χ1n) is 7.77. The quantitative estimate of drug-likeness (QED) is 0.821. The molecule has 2 aliphatic rings. The van der Waals surface area contributed by atoms with E-state index in [0.717, 1.165) is 38.2 Å². The molecule has 2 N–H and O–H groups in total. The molecule has 1 atom stereocenters. The summed E-state index contributed by atoms with van der Waals surface area (Å²) in [5.74, 6) is 1.13. The highest BCUT2D eigenvalue weighted by atomic mass is 79.9. The van der Waals surface area contributed by atoms with E-state index >= 15 is 0 Å². The fourth-order valence-corrected chi connectivity index (χ4v) is 3.67. The Morgan fingerprint density at radius 2 is 2.17 bits per heavy atom. The number of phenolic OH excluding ortho intramolecular Hbond substituents is 1. The summed E-state index contributed by atoms with van der Waals surface area (Å²) in [6.07, 6.45) is 0.684. The molecule has 0 aliphatic carbocycles. The minimum atomic E-state index is 0.00468. The van der Waals surface area contributed by atoms with Crippen LogP contribution in [0.5, 0.6) is 11.5 Å². The summed E-state index contributed by atoms with van der Waals surface area (Å²) in [5.41, 5.74) is 7.89. The van der Waals surface area contributed by atoms with Crippen LogP contribution in [0.2, 0.25) is 0 Å². The second-order valence-electron chi connectivity index (χ2n) is 6.06. The number of aromatic hydroxyl groups is 1. The van der Waals surface area contributed by atoms with Crippen LogP contribution in [0.1, 0.15) is 34.7 Å². The molecule has 0 spiro atoms. The average molecular weight is 389 g/mol. The number of hydrogen-bond acceptors (Lipinski definition) is 5. The van der Waals surface area contributed by atoms with Crippen molar-refractivity contribution in [3.63, 3.8) is 0 Å². The summed E-state index contributed by atoms with van der Waals surface area (Å²) in [7, 11) is 0. The van der Waals surface area contributed by atoms with Crippen molar-refractivity contribution >= 4 is 21.6 Å². The zero-order chi connectivity index (χ0) is 16.7. The van der Waals surface area contributed by atoms with Gasteiger partial charge in [0.2, 0.25) is 0 Å². The van der Waals surface area contributed by atoms with Gasteiger partial charge >= 0.3 is 0 Å². The summed E-state index contributed by atoms with van der Waals surface area (Å²) in [4.78, 5) is 0. The van der Waals surface area contributed by atoms with E-state index in [1.54, 1.807) is 6.07 Å². The second kappa shape index (κ2) is 6.11. The number of nitrogens with one attached hydrogen (secondary N) is 1. The summed E-state index contributed by atoms with van der Waals surface area (Å²) in [6, 6.07) is 9.72. The Balaban J connectivity index is 1.64. The highest BCUT2D eigenvalue weighted by Crippen LogP contribution is 2.38. The molecule has 2 heterocycles. The van der Waals surface area contributed by atoms with E-state index in [4.69, 9.17) is 9.47 Å². The van der Waals surface area contributed by atoms with Crippen LogP contribution < -0.4 is 10.2 Å². The molecule has 2 aliphatic heterocycles. The maximum Gasteiger partial charge on any atom is 0.189 e. The number of aryl methyl sites for hydroxylation is 1. The molecule has 0 unspecified atom stereocenters. The van der Waals surface area contributed by atoms with E-state index < -0.39 is 0 Å². The molecular formula is C18H17BrN2O3. The first-order valence-corrected chi connectivity index (χ1v) is 8.56. The molecule has 4 rings (SSSR count). The number of rotatable bonds is 2. The number of hydrogen-bond donors (Lipinski definition) is 2. The molecule has 124 valence electrons. The maximum atomic E-state index is 10.2. The lowest BCUT2D eigenvalue weighted by Crippen LogP contribution is -2.17. The number of hydrazone groups is 1. The molecule has 0 radical (unpaired) electrons. The Hall–Kier alpha value is -2.05. The van der Waals surface area contributed by atoms with Crippen molar-refractivity contribution in [1.82, 2.24) is 5.43 Å². The first-order chi connectivity index (χ1) is 11.6. The zero-order valence-electron chi connectivity index (χ0n) is 13.2. The fraction of sp³-hybridized carbons (Fsp3) is 0.278. The third-order valence-corrected chi connectivity index (χ3v) is 4.75. The SMILES string of the molecule is Cc1ccc(C2=NN[C@@H](c3cc(Br)cc4c3OCOC4)C2)c(O)c1. The lowest BCUT2D eigenvalue weighted by Gasteiger charge is -2.23. The minimum Gasteiger partial charge on any atom is -0.507 e. The maximum absolute atomic E-state index is 10.2. The molecular weight excluding hydrogens is 372 g/mol. The van der Waals surface area contributed by atoms with Gasteiger partial charge in [-0.15, -0.1) is 0 Å². The van der Waals surface area contributed by atoms with Gasteiger partial charge in [0, 0.05) is 27.6 Å². The highest BCUT2D eigenvalue weighted by Gasteiger charge is 2.28. The number of ether oxygens (including phenoxy) is 2. The van der Waals surface area contributed by atoms with Crippen LogP contribution in [0.3, 0.4) is 0 Å². The molecule has 5 nitrogen and oxygen atoms in total. The van der Waals surface area contributed by atoms with Gasteiger partial charge in [0.15, 0.2) is 6.79 Å². The number of halogens is 1. The highest BCUT2D eigenvalue weighted by molar-refractivity contribution is 9.10. The van der Waals surface area contributed by atoms with Gasteiger partial charge in [-0.05, 0) is 36.8 Å². The minimum absolute atomic E-state index is 0.00468. The standard InChI is InChI=1S/C18H17BrN2O3/c1-10-2-3-13(17(22)4-10)15-7-16(21-20-15)14-6-12(19)5-11-8-23-9-24-18(11)14/h2-6,16,21-22H,7-9H2,1H3/t16-/m1/s1. The molecule has 0 saturated heterocycles. The number of benzene rings is 2. The number of fused-ring (bicyclic) bond motifs is 1. The van der Waals surface area contributed by atoms with Crippen LogP contribution >= 0.6 is 15.9 Å². The lowest BCUT2D eigenvalue weighted by molar-refractivity contribution is -0.0173. The van der Waals surface area contributed by atoms with Crippen LogP contribution in [0.25, 0.3) is 0 Å². The van der Waals surface area contributed by atoms with Gasteiger partial charge in [0.05, 0.1) is 18.4 Å². The van der Waals surface area contributed by atoms with Gasteiger partial charge in [-0.1, -0.05) is 22.0 Å². The molecule has 24 heavy (non-hydrogen) atoms. The summed E-state index contributed by atoms with van der Waals surface area (Å²) in [6.45, 7) is 2.76. The molecule has 2 aromatic carbocycles. The summed E-state index contributed by atoms with van der Waals surface area (Å²) < 4.78 is 12.1. The van der Waals surface area contributed by atoms with E-state index in [9.17, 15) is 5.11 Å². The third kappa shape index (κ3) is 2.76. The Kier molecular flexibility index (Phi) is 3.94. The molecule has 0 fully saturated rings. The van der Waals surface area contributed by atoms with Crippen molar-refractivity contribution in [2.45, 2.75) is 26.0 Å². The number of phenols is 1. The topological polar surface area (TPSA) is 63.1 Å². The number of nitrogens with zero attached hydrogens (tertiary/aromatic N) is 1. The molecule has 0 aromatic heterocycles. The van der Waals surface area contributed by atoms with Crippen LogP contribution in [-0.4, -0.2) is 17.6 Å².